The number of carbonyl (C=O) groups is 1. The van der Waals surface area contributed by atoms with E-state index in [0.717, 1.165) is 30.6 Å². The third-order valence-electron chi connectivity index (χ3n) is 4.15. The van der Waals surface area contributed by atoms with Gasteiger partial charge in [-0.05, 0) is 64.7 Å². The molecule has 1 aromatic rings. The van der Waals surface area contributed by atoms with Crippen molar-refractivity contribution >= 4 is 11.8 Å². The highest BCUT2D eigenvalue weighted by Gasteiger charge is 2.26. The highest BCUT2D eigenvalue weighted by molar-refractivity contribution is 5.69. The van der Waals surface area contributed by atoms with E-state index in [1.165, 1.54) is 12.0 Å². The average Bonchev–Trinajstić information content (AvgIpc) is 2.52. The minimum atomic E-state index is -0.483. The maximum Gasteiger partial charge on any atom is 0.410 e. The predicted octanol–water partition coefficient (Wildman–Crippen LogP) is 5.92. The molecule has 1 amide bonds. The molecule has 0 saturated heterocycles. The van der Waals surface area contributed by atoms with Crippen molar-refractivity contribution in [2.75, 3.05) is 18.4 Å². The van der Waals surface area contributed by atoms with Gasteiger partial charge in [0, 0.05) is 18.8 Å². The molecule has 0 heterocycles. The lowest BCUT2D eigenvalue weighted by Gasteiger charge is -2.32. The summed E-state index contributed by atoms with van der Waals surface area (Å²) in [5, 5.41) is 3.51. The van der Waals surface area contributed by atoms with Crippen LogP contribution in [0.1, 0.15) is 78.0 Å². The Morgan fingerprint density at radius 1 is 1.24 bits per heavy atom. The second-order valence-electron chi connectivity index (χ2n) is 7.70. The maximum atomic E-state index is 12.6. The maximum absolute atomic E-state index is 12.6. The number of nitrogens with one attached hydrogen (secondary N) is 1. The zero-order chi connectivity index (χ0) is 19.0. The van der Waals surface area contributed by atoms with Gasteiger partial charge in [0.25, 0.3) is 0 Å². The number of hydrogen-bond donors (Lipinski definition) is 1. The van der Waals surface area contributed by atoms with Crippen LogP contribution in [0, 0.1) is 6.92 Å². The van der Waals surface area contributed by atoms with Crippen LogP contribution in [0.4, 0.5) is 10.5 Å². The van der Waals surface area contributed by atoms with Crippen LogP contribution in [-0.4, -0.2) is 29.7 Å². The summed E-state index contributed by atoms with van der Waals surface area (Å²) in [6.07, 6.45) is 2.98. The molecule has 0 saturated carbocycles. The van der Waals surface area contributed by atoms with Crippen molar-refractivity contribution in [3.05, 3.63) is 29.3 Å². The number of benzene rings is 1. The molecule has 1 rings (SSSR count). The molecule has 0 aliphatic heterocycles. The second kappa shape index (κ2) is 9.69. The van der Waals surface area contributed by atoms with Crippen molar-refractivity contribution in [1.29, 1.82) is 0 Å². The molecule has 142 valence electrons. The Kier molecular flexibility index (Phi) is 8.27. The molecular weight excluding hydrogens is 312 g/mol. The van der Waals surface area contributed by atoms with Gasteiger partial charge in [0.2, 0.25) is 0 Å². The van der Waals surface area contributed by atoms with Gasteiger partial charge < -0.3 is 15.0 Å². The van der Waals surface area contributed by atoms with E-state index < -0.39 is 5.60 Å². The molecule has 1 N–H and O–H groups in total. The molecule has 0 radical (unpaired) electrons. The second-order valence-corrected chi connectivity index (χ2v) is 7.70. The lowest BCUT2D eigenvalue weighted by atomic mass is 10.0. The fourth-order valence-electron chi connectivity index (χ4n) is 2.67. The lowest BCUT2D eigenvalue weighted by molar-refractivity contribution is 0.0173. The molecule has 0 aromatic heterocycles. The molecule has 0 fully saturated rings. The molecular formula is C21H36N2O2. The summed E-state index contributed by atoms with van der Waals surface area (Å²) in [7, 11) is 0. The fourth-order valence-corrected chi connectivity index (χ4v) is 2.67. The van der Waals surface area contributed by atoms with Crippen molar-refractivity contribution in [3.8, 4) is 0 Å². The summed E-state index contributed by atoms with van der Waals surface area (Å²) < 4.78 is 5.60. The normalized spacial score (nSPS) is 12.6. The van der Waals surface area contributed by atoms with Gasteiger partial charge in [-0.15, -0.1) is 0 Å². The predicted molar refractivity (Wildman–Crippen MR) is 106 cm³/mol. The number of rotatable bonds is 8. The SMILES string of the molecule is CCCCNc1cc([C@@H](C)N(CCC)C(=O)OC(C)(C)C)ccc1C. The van der Waals surface area contributed by atoms with Crippen molar-refractivity contribution in [3.63, 3.8) is 0 Å². The number of amides is 1. The number of unbranched alkanes of at least 4 members (excludes halogenated alkanes) is 1. The van der Waals surface area contributed by atoms with E-state index in [1.807, 2.05) is 25.7 Å². The summed E-state index contributed by atoms with van der Waals surface area (Å²) in [4.78, 5) is 14.4. The Morgan fingerprint density at radius 2 is 1.92 bits per heavy atom. The van der Waals surface area contributed by atoms with E-state index in [0.29, 0.717) is 6.54 Å². The van der Waals surface area contributed by atoms with E-state index in [1.54, 1.807) is 0 Å². The van der Waals surface area contributed by atoms with E-state index in [2.05, 4.69) is 51.2 Å². The van der Waals surface area contributed by atoms with Crippen LogP contribution in [0.25, 0.3) is 0 Å². The molecule has 0 bridgehead atoms. The van der Waals surface area contributed by atoms with E-state index in [4.69, 9.17) is 4.74 Å². The molecule has 4 nitrogen and oxygen atoms in total. The number of ether oxygens (including phenoxy) is 1. The van der Waals surface area contributed by atoms with Gasteiger partial charge in [-0.1, -0.05) is 32.4 Å². The van der Waals surface area contributed by atoms with Crippen LogP contribution in [0.5, 0.6) is 0 Å². The minimum absolute atomic E-state index is 0.0258. The smallest absolute Gasteiger partial charge is 0.410 e. The minimum Gasteiger partial charge on any atom is -0.444 e. The quantitative estimate of drug-likeness (QED) is 0.593. The first-order valence-corrected chi connectivity index (χ1v) is 9.53. The van der Waals surface area contributed by atoms with Crippen molar-refractivity contribution in [1.82, 2.24) is 4.90 Å². The van der Waals surface area contributed by atoms with Gasteiger partial charge in [0.05, 0.1) is 6.04 Å². The van der Waals surface area contributed by atoms with Crippen LogP contribution in [0.3, 0.4) is 0 Å². The summed E-state index contributed by atoms with van der Waals surface area (Å²) in [6.45, 7) is 15.8. The molecule has 0 aliphatic carbocycles. The van der Waals surface area contributed by atoms with Crippen molar-refractivity contribution in [2.45, 2.75) is 79.4 Å². The Balaban J connectivity index is 2.98. The fraction of sp³-hybridized carbons (Fsp3) is 0.667. The Bertz CT molecular complexity index is 549. The topological polar surface area (TPSA) is 41.6 Å². The van der Waals surface area contributed by atoms with Crippen LogP contribution in [-0.2, 0) is 4.74 Å². The lowest BCUT2D eigenvalue weighted by Crippen LogP contribution is -2.38. The number of nitrogens with zero attached hydrogens (tertiary/aromatic N) is 1. The monoisotopic (exact) mass is 348 g/mol. The highest BCUT2D eigenvalue weighted by Crippen LogP contribution is 2.27. The van der Waals surface area contributed by atoms with Gasteiger partial charge in [-0.3, -0.25) is 0 Å². The average molecular weight is 349 g/mol. The summed E-state index contributed by atoms with van der Waals surface area (Å²) in [5.41, 5.74) is 3.02. The Labute approximate surface area is 153 Å². The van der Waals surface area contributed by atoms with Gasteiger partial charge in [-0.2, -0.15) is 0 Å². The van der Waals surface area contributed by atoms with Crippen LogP contribution < -0.4 is 5.32 Å². The molecule has 4 heteroatoms. The van der Waals surface area contributed by atoms with Crippen LogP contribution >= 0.6 is 0 Å². The molecule has 1 atom stereocenters. The standard InChI is InChI=1S/C21H36N2O2/c1-8-10-13-22-19-15-18(12-11-16(19)3)17(4)23(14-9-2)20(24)25-21(5,6)7/h11-12,15,17,22H,8-10,13-14H2,1-7H3/t17-/m1/s1. The Hall–Kier alpha value is -1.71. The van der Waals surface area contributed by atoms with Crippen LogP contribution in [0.2, 0.25) is 0 Å². The number of carbonyl (C=O) groups excluding carboxylic acids is 1. The molecule has 0 unspecified atom stereocenters. The van der Waals surface area contributed by atoms with Crippen LogP contribution in [0.15, 0.2) is 18.2 Å². The zero-order valence-electron chi connectivity index (χ0n) is 17.1. The molecule has 25 heavy (non-hydrogen) atoms. The van der Waals surface area contributed by atoms with E-state index in [9.17, 15) is 4.79 Å². The van der Waals surface area contributed by atoms with Gasteiger partial charge in [0.15, 0.2) is 0 Å². The largest absolute Gasteiger partial charge is 0.444 e. The number of aryl methyl sites for hydroxylation is 1. The third kappa shape index (κ3) is 6.97. The first-order valence-electron chi connectivity index (χ1n) is 9.53. The molecule has 0 spiro atoms. The molecule has 0 aliphatic rings. The summed E-state index contributed by atoms with van der Waals surface area (Å²) in [5.74, 6) is 0. The molecule has 1 aromatic carbocycles. The first kappa shape index (κ1) is 21.3. The van der Waals surface area contributed by atoms with Crippen molar-refractivity contribution in [2.24, 2.45) is 0 Å². The first-order chi connectivity index (χ1) is 11.7. The van der Waals surface area contributed by atoms with E-state index >= 15 is 0 Å². The number of hydrogen-bond acceptors (Lipinski definition) is 3. The van der Waals surface area contributed by atoms with Gasteiger partial charge in [0.1, 0.15) is 5.60 Å². The third-order valence-corrected chi connectivity index (χ3v) is 4.15. The highest BCUT2D eigenvalue weighted by atomic mass is 16.6. The van der Waals surface area contributed by atoms with E-state index in [-0.39, 0.29) is 12.1 Å². The zero-order valence-corrected chi connectivity index (χ0v) is 17.1. The van der Waals surface area contributed by atoms with Crippen molar-refractivity contribution < 1.29 is 9.53 Å². The number of anilines is 1. The Morgan fingerprint density at radius 3 is 2.48 bits per heavy atom. The summed E-state index contributed by atoms with van der Waals surface area (Å²) in [6, 6.07) is 6.38. The van der Waals surface area contributed by atoms with Gasteiger partial charge >= 0.3 is 6.09 Å². The summed E-state index contributed by atoms with van der Waals surface area (Å²) >= 11 is 0. The van der Waals surface area contributed by atoms with Gasteiger partial charge in [-0.25, -0.2) is 4.79 Å².